The summed E-state index contributed by atoms with van der Waals surface area (Å²) in [6, 6.07) is 21.1. The molecular formula is C36H42CaO10S2. The molecule has 2 N–H and O–H groups in total. The molecule has 4 aromatic carbocycles. The summed E-state index contributed by atoms with van der Waals surface area (Å²) >= 11 is 0. The van der Waals surface area contributed by atoms with Gasteiger partial charge in [0.15, 0.2) is 5.75 Å². The second-order valence-corrected chi connectivity index (χ2v) is 13.9. The van der Waals surface area contributed by atoms with Crippen LogP contribution in [0.3, 0.4) is 0 Å². The van der Waals surface area contributed by atoms with E-state index in [2.05, 4.69) is 13.8 Å². The van der Waals surface area contributed by atoms with Crippen LogP contribution in [0.15, 0.2) is 94.7 Å². The third-order valence-electron chi connectivity index (χ3n) is 7.37. The number of phenolic OH excluding ortho intramolecular Hbond substituents is 1. The number of hydrogen-bond donors (Lipinski definition) is 2. The Hall–Kier alpha value is -2.84. The summed E-state index contributed by atoms with van der Waals surface area (Å²) in [5.41, 5.74) is 1.87. The molecule has 0 bridgehead atoms. The molecule has 0 fully saturated rings. The van der Waals surface area contributed by atoms with Crippen molar-refractivity contribution in [2.75, 3.05) is 0 Å². The zero-order valence-corrected chi connectivity index (χ0v) is 31.7. The summed E-state index contributed by atoms with van der Waals surface area (Å²) in [5.74, 6) is 0.0988. The van der Waals surface area contributed by atoms with E-state index in [0.717, 1.165) is 93.2 Å². The fourth-order valence-electron chi connectivity index (χ4n) is 4.91. The van der Waals surface area contributed by atoms with Crippen LogP contribution in [0.5, 0.6) is 34.5 Å². The van der Waals surface area contributed by atoms with Crippen molar-refractivity contribution in [3.8, 4) is 34.5 Å². The molecule has 4 aromatic rings. The Morgan fingerprint density at radius 3 is 1.55 bits per heavy atom. The molecule has 0 aliphatic rings. The molecule has 0 saturated heterocycles. The van der Waals surface area contributed by atoms with E-state index in [1.165, 1.54) is 18.6 Å². The molecular weight excluding hydrogens is 697 g/mol. The van der Waals surface area contributed by atoms with Gasteiger partial charge in [-0.25, -0.2) is 8.42 Å². The standard InChI is InChI=1S/2C18H22O5S.Ca/c2*1-2-3-4-5-8-14-9-6-7-10-16(14)23-17-13-15(19)11-12-18(17)24(20,21)22;/h2*6-7,9-13,19H,2-5,8H2,1H3,(H,20,21,22);/q;;+2/p-2. The van der Waals surface area contributed by atoms with Crippen molar-refractivity contribution in [3.63, 3.8) is 0 Å². The van der Waals surface area contributed by atoms with E-state index in [-0.39, 0.29) is 59.9 Å². The molecule has 260 valence electrons. The van der Waals surface area contributed by atoms with Gasteiger partial charge in [-0.2, -0.15) is 8.42 Å². The Morgan fingerprint density at radius 1 is 0.612 bits per heavy atom. The van der Waals surface area contributed by atoms with Gasteiger partial charge in [-0.1, -0.05) is 94.8 Å². The molecule has 0 aliphatic heterocycles. The summed E-state index contributed by atoms with van der Waals surface area (Å²) < 4.78 is 77.6. The third-order valence-corrected chi connectivity index (χ3v) is 9.14. The summed E-state index contributed by atoms with van der Waals surface area (Å²) in [5, 5.41) is 21.1. The predicted molar refractivity (Wildman–Crippen MR) is 186 cm³/mol. The molecule has 0 saturated carbocycles. The second kappa shape index (κ2) is 20.7. The van der Waals surface area contributed by atoms with Gasteiger partial charge in [0.05, 0.1) is 4.90 Å². The Labute approximate surface area is 319 Å². The molecule has 13 heteroatoms. The molecule has 0 amide bonds. The SMILES string of the molecule is CCCCCCc1ccccc1Oc1cc(O)ccc1S(=O)(=O)O.CCCCCCc1ccccc1Oc1cc([O-])ccc1S(=O)(=O)[O-].[Ca+2]. The van der Waals surface area contributed by atoms with Crippen LogP contribution in [0.2, 0.25) is 0 Å². The number of ether oxygens (including phenoxy) is 2. The maximum absolute atomic E-state index is 11.5. The minimum atomic E-state index is -4.72. The zero-order valence-electron chi connectivity index (χ0n) is 27.8. The Bertz CT molecular complexity index is 1710. The first-order valence-corrected chi connectivity index (χ1v) is 18.8. The van der Waals surface area contributed by atoms with E-state index in [1.807, 2.05) is 24.3 Å². The van der Waals surface area contributed by atoms with E-state index in [1.54, 1.807) is 24.3 Å². The van der Waals surface area contributed by atoms with E-state index in [9.17, 15) is 36.2 Å². The summed E-state index contributed by atoms with van der Waals surface area (Å²) in [4.78, 5) is -0.899. The van der Waals surface area contributed by atoms with E-state index in [4.69, 9.17) is 9.47 Å². The number of phenols is 1. The van der Waals surface area contributed by atoms with Crippen molar-refractivity contribution < 1.29 is 45.6 Å². The third kappa shape index (κ3) is 14.1. The molecule has 10 nitrogen and oxygen atoms in total. The van der Waals surface area contributed by atoms with Crippen LogP contribution >= 0.6 is 0 Å². The van der Waals surface area contributed by atoms with E-state index < -0.39 is 30.9 Å². The topological polar surface area (TPSA) is 173 Å². The van der Waals surface area contributed by atoms with Crippen molar-refractivity contribution in [3.05, 3.63) is 96.1 Å². The average molecular weight is 739 g/mol. The quantitative estimate of drug-likeness (QED) is 0.0657. The van der Waals surface area contributed by atoms with Crippen molar-refractivity contribution in [1.29, 1.82) is 0 Å². The first kappa shape index (κ1) is 42.3. The van der Waals surface area contributed by atoms with Gasteiger partial charge in [0.2, 0.25) is 0 Å². The summed E-state index contributed by atoms with van der Waals surface area (Å²) in [6.07, 6.45) is 10.4. The van der Waals surface area contributed by atoms with Crippen molar-refractivity contribution in [2.45, 2.75) is 87.8 Å². The maximum atomic E-state index is 11.5. The van der Waals surface area contributed by atoms with E-state index in [0.29, 0.717) is 11.5 Å². The first-order chi connectivity index (χ1) is 22.8. The molecule has 0 heterocycles. The molecule has 49 heavy (non-hydrogen) atoms. The second-order valence-electron chi connectivity index (χ2n) is 11.2. The summed E-state index contributed by atoms with van der Waals surface area (Å²) in [6.45, 7) is 4.29. The molecule has 0 atom stereocenters. The zero-order chi connectivity index (χ0) is 35.2. The number of unbranched alkanes of at least 4 members (excludes halogenated alkanes) is 6. The van der Waals surface area contributed by atoms with Crippen molar-refractivity contribution in [2.24, 2.45) is 0 Å². The minimum Gasteiger partial charge on any atom is -0.872 e. The monoisotopic (exact) mass is 738 g/mol. The Kier molecular flexibility index (Phi) is 17.9. The Morgan fingerprint density at radius 2 is 1.08 bits per heavy atom. The molecule has 0 aromatic heterocycles. The smallest absolute Gasteiger partial charge is 0.872 e. The first-order valence-electron chi connectivity index (χ1n) is 15.9. The predicted octanol–water partition coefficient (Wildman–Crippen LogP) is 7.75. The number of hydrogen-bond acceptors (Lipinski definition) is 9. The fourth-order valence-corrected chi connectivity index (χ4v) is 6.08. The average Bonchev–Trinajstić information content (AvgIpc) is 3.02. The van der Waals surface area contributed by atoms with Crippen LogP contribution in [-0.4, -0.2) is 68.8 Å². The number of rotatable bonds is 16. The van der Waals surface area contributed by atoms with Crippen LogP contribution in [0.25, 0.3) is 0 Å². The molecule has 0 aliphatic carbocycles. The van der Waals surface area contributed by atoms with Crippen LogP contribution in [0.1, 0.15) is 76.3 Å². The van der Waals surface area contributed by atoms with Crippen molar-refractivity contribution >= 4 is 58.0 Å². The molecule has 0 spiro atoms. The normalized spacial score (nSPS) is 11.2. The van der Waals surface area contributed by atoms with Gasteiger partial charge in [0.1, 0.15) is 38.0 Å². The van der Waals surface area contributed by atoms with Gasteiger partial charge < -0.3 is 24.2 Å². The minimum absolute atomic E-state index is 0. The fraction of sp³-hybridized carbons (Fsp3) is 0.333. The number of benzene rings is 4. The van der Waals surface area contributed by atoms with Crippen LogP contribution in [-0.2, 0) is 33.1 Å². The van der Waals surface area contributed by atoms with Gasteiger partial charge in [-0.05, 0) is 73.2 Å². The van der Waals surface area contributed by atoms with Gasteiger partial charge >= 0.3 is 37.7 Å². The van der Waals surface area contributed by atoms with Crippen molar-refractivity contribution in [1.82, 2.24) is 0 Å². The van der Waals surface area contributed by atoms with Gasteiger partial charge in [0.25, 0.3) is 10.1 Å². The van der Waals surface area contributed by atoms with Crippen LogP contribution < -0.4 is 14.6 Å². The number of para-hydroxylation sites is 2. The van der Waals surface area contributed by atoms with Gasteiger partial charge in [-0.15, -0.1) is 5.75 Å². The molecule has 4 rings (SSSR count). The Balaban J connectivity index is 0.000000333. The maximum Gasteiger partial charge on any atom is 2.00 e. The van der Waals surface area contributed by atoms with Gasteiger partial charge in [-0.3, -0.25) is 4.55 Å². The van der Waals surface area contributed by atoms with E-state index >= 15 is 0 Å². The number of aryl methyl sites for hydroxylation is 2. The summed E-state index contributed by atoms with van der Waals surface area (Å²) in [7, 11) is -9.16. The molecule has 0 radical (unpaired) electrons. The van der Waals surface area contributed by atoms with Crippen LogP contribution in [0, 0.1) is 0 Å². The largest absolute Gasteiger partial charge is 2.00 e. The van der Waals surface area contributed by atoms with Crippen LogP contribution in [0.4, 0.5) is 0 Å². The molecule has 0 unspecified atom stereocenters. The van der Waals surface area contributed by atoms with Gasteiger partial charge in [0, 0.05) is 6.07 Å². The number of aromatic hydroxyl groups is 1.